The number of hydrogen-bond donors (Lipinski definition) is 1. The van der Waals surface area contributed by atoms with Gasteiger partial charge in [0.25, 0.3) is 5.91 Å². The van der Waals surface area contributed by atoms with E-state index in [1.54, 1.807) is 48.5 Å². The number of alkyl halides is 10. The lowest BCUT2D eigenvalue weighted by molar-refractivity contribution is -0.174. The van der Waals surface area contributed by atoms with Crippen LogP contribution < -0.4 is 5.73 Å². The lowest BCUT2D eigenvalue weighted by Crippen LogP contribution is -2.24. The van der Waals surface area contributed by atoms with E-state index < -0.39 is 52.9 Å². The van der Waals surface area contributed by atoms with Gasteiger partial charge < -0.3 is 10.5 Å². The van der Waals surface area contributed by atoms with E-state index in [4.69, 9.17) is 35.0 Å². The van der Waals surface area contributed by atoms with E-state index >= 15 is 0 Å². The third kappa shape index (κ3) is 149. The van der Waals surface area contributed by atoms with Crippen LogP contribution in [0.5, 0.6) is 0 Å². The molecule has 2 aliphatic rings. The summed E-state index contributed by atoms with van der Waals surface area (Å²) in [5, 5.41) is 8.09. The summed E-state index contributed by atoms with van der Waals surface area (Å²) in [6.45, 7) is 79.8. The molecule has 2 rings (SSSR count). The van der Waals surface area contributed by atoms with Crippen molar-refractivity contribution in [3.63, 3.8) is 0 Å². The average Bonchev–Trinajstić information content (AvgIpc) is 0.960. The minimum atomic E-state index is -4.25. The summed E-state index contributed by atoms with van der Waals surface area (Å²) in [7, 11) is -2.24. The van der Waals surface area contributed by atoms with E-state index in [9.17, 15) is 101 Å². The fourth-order valence-corrected chi connectivity index (χ4v) is 9.61. The van der Waals surface area contributed by atoms with Crippen LogP contribution in [0.3, 0.4) is 0 Å². The lowest BCUT2D eigenvalue weighted by Gasteiger charge is -2.20. The molecule has 1 amide bonds. The summed E-state index contributed by atoms with van der Waals surface area (Å²) in [4.78, 5) is 120. The van der Waals surface area contributed by atoms with Crippen molar-refractivity contribution in [1.29, 1.82) is 5.26 Å². The van der Waals surface area contributed by atoms with Crippen LogP contribution in [0.25, 0.3) is 0 Å². The zero-order valence-corrected chi connectivity index (χ0v) is 100. The molecule has 0 aromatic rings. The highest BCUT2D eigenvalue weighted by molar-refractivity contribution is 7.92. The Kier molecular flexibility index (Phi) is 130. The van der Waals surface area contributed by atoms with Crippen molar-refractivity contribution in [3.8, 4) is 43.1 Å². The van der Waals surface area contributed by atoms with Gasteiger partial charge in [-0.05, 0) is 87.0 Å². The molecule has 0 aromatic carbocycles. The third-order valence-electron chi connectivity index (χ3n) is 21.1. The minimum Gasteiger partial charge on any atom is -0.378 e. The molecule has 1 aliphatic heterocycles. The van der Waals surface area contributed by atoms with Crippen LogP contribution in [-0.2, 0) is 67.2 Å². The number of nitriles is 1. The van der Waals surface area contributed by atoms with Crippen molar-refractivity contribution in [1.82, 2.24) is 0 Å². The SMILES string of the molecule is C#CC(C)CC(=O)C(C)C.C#CCC.C#CCCC(=O)C(C)C.CC(C)C(=O)CC(C)C(C)F.CC(C)C(=O)CC(C)C(F)(F)F.CC(C)C(=O)CCC#N.CC(C)C(=O)CCC(F)F.CC(C)C(=O)N=S(C)(C)=O.CC(C)C(F)(F)F.CC(C)CC(=O)C(C)C.CC(C)CC(=O)C(C)C.CC(C)CN.CCC(C)CC(=O)C(C)C.CCC(C)CF.CCC1CCCC1.CCC1CCCCO1.CCCC(=O)C(C)C. The van der Waals surface area contributed by atoms with Gasteiger partial charge in [-0.1, -0.05) is 329 Å². The number of carbonyl (C=O) groups excluding carboxylic acids is 11. The number of nitrogens with two attached hydrogens (primary N) is 1. The van der Waals surface area contributed by atoms with Crippen molar-refractivity contribution in [2.24, 2.45) is 134 Å². The maximum atomic E-state index is 12.6. The number of halogens is 10. The second-order valence-corrected chi connectivity index (χ2v) is 44.8. The second kappa shape index (κ2) is 109. The van der Waals surface area contributed by atoms with Gasteiger partial charge in [0.2, 0.25) is 6.43 Å². The molecule has 0 bridgehead atoms. The Morgan fingerprint density at radius 1 is 0.417 bits per heavy atom. The van der Waals surface area contributed by atoms with Crippen molar-refractivity contribution < 1.29 is 106 Å². The molecular weight excluding hydrogens is 1880 g/mol. The normalized spacial score (nSPS) is 13.5. The number of terminal acetylenes is 3. The molecule has 0 radical (unpaired) electrons. The zero-order chi connectivity index (χ0) is 117. The first-order valence-electron chi connectivity index (χ1n) is 53.2. The van der Waals surface area contributed by atoms with Crippen molar-refractivity contribution in [2.45, 2.75) is 489 Å². The minimum absolute atomic E-state index is 0.00926. The van der Waals surface area contributed by atoms with Gasteiger partial charge in [0.05, 0.1) is 24.8 Å². The van der Waals surface area contributed by atoms with Crippen molar-refractivity contribution >= 4 is 73.5 Å². The fourth-order valence-electron chi connectivity index (χ4n) is 8.97. The largest absolute Gasteiger partial charge is 0.391 e. The van der Waals surface area contributed by atoms with Crippen LogP contribution in [0.2, 0.25) is 0 Å². The highest BCUT2D eigenvalue weighted by Crippen LogP contribution is 2.30. The standard InChI is InChI=1S/C9H17FO.C9H18O.C9H14O.C8H13F3O.2C8H16O.C8H12O.C7H12F2O.C7H11NO.2C7H14O.C7H14.C6H13NO2S.C5H11F.C4H7F3.C4H11N.C4H6/c1-6(2)9(11)5-7(3)8(4)10;2*1-5-8(4)6-9(10)7(2)3;1-5(2)7(12)4-6(3)8(9,10)11;2*1-6(2)5-8(9)7(3)4;1-4-5-6-8(9)7(2)3;1-5(2)6(10)3-4-7(8)9;1-6(2)7(9)4-3-5-8;1-2-7-5-3-4-6-8-7;1-4-5-7(8)6(2)3;1-2-7-5-3-4-6-7;1-5(2)6(8)7-10(3,4)9;1-3-5(2)4-6;1-3(2)4(5,6)7;1-4(2)3-5;1-3-4-2/h6-8H,5H2,1-4H3;7-8H,5-6H2,1-4H3;1,7-8H,6H2,2-4H3;5-6H,4H2,1-3H3;2*6-7H,5H2,1-4H3;1,7H,5-6H2,2-3H3;5,7H,3-4H2,1-2H3;6H,3-4H2,1-2H3;7H,2-6H2,1H3;6H,4-5H2,1-3H3;7H,2-6H2,1H3;5H,1-4H3;5H,3-4H2,1-2H3;3H,1-2H3;4H,3,5H2,1-2H3;1H,4H2,2H3. The summed E-state index contributed by atoms with van der Waals surface area (Å²) in [5.41, 5.74) is 5.17. The number of nitrogens with zero attached hydrogens (tertiary/aromatic N) is 2. The molecule has 7 unspecified atom stereocenters. The van der Waals surface area contributed by atoms with E-state index in [-0.39, 0.29) is 143 Å². The molecule has 7 atom stereocenters. The summed E-state index contributed by atoms with van der Waals surface area (Å²) in [5.74, 6) is 10.6. The first-order valence-corrected chi connectivity index (χ1v) is 55.6. The van der Waals surface area contributed by atoms with E-state index in [0.29, 0.717) is 91.4 Å². The number of ether oxygens (including phenoxy) is 1. The van der Waals surface area contributed by atoms with E-state index in [1.807, 2.05) is 151 Å². The van der Waals surface area contributed by atoms with Crippen LogP contribution in [0.15, 0.2) is 4.36 Å². The Bertz CT molecular complexity index is 3350. The molecule has 2 N–H and O–H groups in total. The number of amides is 1. The number of hydrogen-bond acceptors (Lipinski definition) is 15. The first kappa shape index (κ1) is 171. The predicted molar refractivity (Wildman–Crippen MR) is 589 cm³/mol. The van der Waals surface area contributed by atoms with Gasteiger partial charge in [0, 0.05) is 196 Å². The number of ketones is 10. The Balaban J connectivity index is -0.0000000948. The van der Waals surface area contributed by atoms with Gasteiger partial charge in [-0.25, -0.2) is 17.4 Å². The Morgan fingerprint density at radius 2 is 0.736 bits per heavy atom. The molecule has 0 aromatic heterocycles. The molecule has 1 aliphatic carbocycles. The topological polar surface area (TPSA) is 276 Å². The number of carbonyl (C=O) groups is 11. The molecule has 16 nitrogen and oxygen atoms in total. The molecule has 856 valence electrons. The second-order valence-electron chi connectivity index (χ2n) is 42.2. The third-order valence-corrected chi connectivity index (χ3v) is 21.7. The van der Waals surface area contributed by atoms with E-state index in [1.165, 1.54) is 77.2 Å². The molecule has 27 heteroatoms. The molecule has 144 heavy (non-hydrogen) atoms. The summed E-state index contributed by atoms with van der Waals surface area (Å²) >= 11 is 0. The van der Waals surface area contributed by atoms with Gasteiger partial charge in [-0.3, -0.25) is 57.1 Å². The quantitative estimate of drug-likeness (QED) is 0.0442. The van der Waals surface area contributed by atoms with Crippen LogP contribution in [0.1, 0.15) is 458 Å². The molecule has 1 saturated carbocycles. The van der Waals surface area contributed by atoms with E-state index in [0.717, 1.165) is 91.2 Å². The maximum Gasteiger partial charge on any atom is 0.391 e. The van der Waals surface area contributed by atoms with Crippen molar-refractivity contribution in [2.75, 3.05) is 32.3 Å². The Labute approximate surface area is 878 Å². The molecule has 0 spiro atoms. The van der Waals surface area contributed by atoms with Crippen molar-refractivity contribution in [3.05, 3.63) is 0 Å². The summed E-state index contributed by atoms with van der Waals surface area (Å²) < 4.78 is 136. The zero-order valence-electron chi connectivity index (χ0n) is 99.6. The lowest BCUT2D eigenvalue weighted by atomic mass is 9.95. The Hall–Kier alpha value is -6.29. The van der Waals surface area contributed by atoms with Gasteiger partial charge in [0.1, 0.15) is 64.0 Å². The fraction of sp³-hybridized carbons (Fsp3) is 0.846. The smallest absolute Gasteiger partial charge is 0.378 e. The molecular formula is C117H219F10N3O13S. The Morgan fingerprint density at radius 3 is 0.931 bits per heavy atom. The summed E-state index contributed by atoms with van der Waals surface area (Å²) in [6, 6.07) is 1.93. The van der Waals surface area contributed by atoms with Gasteiger partial charge >= 0.3 is 12.4 Å². The van der Waals surface area contributed by atoms with Gasteiger partial charge in [0.15, 0.2) is 0 Å². The maximum absolute atomic E-state index is 12.6. The predicted octanol–water partition coefficient (Wildman–Crippen LogP) is 33.1. The van der Waals surface area contributed by atoms with Gasteiger partial charge in [-0.15, -0.1) is 37.0 Å². The highest BCUT2D eigenvalue weighted by Gasteiger charge is 2.37. The van der Waals surface area contributed by atoms with Crippen LogP contribution in [0, 0.1) is 173 Å². The van der Waals surface area contributed by atoms with Crippen LogP contribution in [-0.4, -0.2) is 131 Å². The number of rotatable bonds is 39. The highest BCUT2D eigenvalue weighted by atomic mass is 32.2. The average molecular weight is 2100 g/mol. The van der Waals surface area contributed by atoms with E-state index in [2.05, 4.69) is 91.4 Å². The molecule has 2 fully saturated rings. The van der Waals surface area contributed by atoms with Gasteiger partial charge in [-0.2, -0.15) is 36.0 Å². The molecule has 1 saturated heterocycles. The van der Waals surface area contributed by atoms with Crippen LogP contribution >= 0.6 is 0 Å². The summed E-state index contributed by atoms with van der Waals surface area (Å²) in [6.07, 6.45) is 28.4. The monoisotopic (exact) mass is 2100 g/mol. The first-order chi connectivity index (χ1) is 65.6. The van der Waals surface area contributed by atoms with Crippen LogP contribution in [0.4, 0.5) is 43.9 Å². The number of Topliss-reactive ketones (excluding diaryl/α,β-unsaturated/α-hetero) is 10. The molecule has 1 heterocycles.